The lowest BCUT2D eigenvalue weighted by atomic mass is 9.85. The van der Waals surface area contributed by atoms with Crippen LogP contribution in [0.25, 0.3) is 31.9 Å². The molecular formula is C50H32N4OSi. The number of hydrogen-bond donors (Lipinski definition) is 0. The molecule has 11 rings (SSSR count). The summed E-state index contributed by atoms with van der Waals surface area (Å²) in [4.78, 5) is 10.5. The van der Waals surface area contributed by atoms with Crippen molar-refractivity contribution in [2.45, 2.75) is 31.1 Å². The lowest BCUT2D eigenvalue weighted by molar-refractivity contribution is 0.487. The number of benzene rings is 7. The van der Waals surface area contributed by atoms with Gasteiger partial charge in [0, 0.05) is 11.4 Å². The number of fused-ring (bicyclic) bond motifs is 13. The van der Waals surface area contributed by atoms with Gasteiger partial charge in [0.2, 0.25) is 11.4 Å². The van der Waals surface area contributed by atoms with Gasteiger partial charge < -0.3 is 9.64 Å². The van der Waals surface area contributed by atoms with Crippen molar-refractivity contribution in [2.24, 2.45) is 0 Å². The standard InChI is InChI=1S/C50H32N4OSi/c1-52-48-47-36-22-21-35(27-36)46(47)37(30-51)50(49(48)53-2)54-38-25-23-33(31-13-5-3-6-14-31)28-44(38)56(45-29-34(24-26-39(45)54)32-15-7-4-8-16-32)42-19-11-9-17-40(42)55-41-18-10-12-20-43(41)56/h3-20,23-26,28-29,35-36H,21-22,27H2. The highest BCUT2D eigenvalue weighted by Crippen LogP contribution is 2.63. The Morgan fingerprint density at radius 1 is 0.571 bits per heavy atom. The van der Waals surface area contributed by atoms with Crippen LogP contribution in [0.5, 0.6) is 11.5 Å². The van der Waals surface area contributed by atoms with Crippen LogP contribution in [0.1, 0.15) is 47.8 Å². The Kier molecular flexibility index (Phi) is 7.01. The van der Waals surface area contributed by atoms with Gasteiger partial charge in [-0.3, -0.25) is 0 Å². The number of hydrogen-bond acceptors (Lipinski definition) is 3. The van der Waals surface area contributed by atoms with E-state index in [2.05, 4.69) is 142 Å². The molecule has 0 N–H and O–H groups in total. The Hall–Kier alpha value is -7.17. The third kappa shape index (κ3) is 4.27. The van der Waals surface area contributed by atoms with Crippen molar-refractivity contribution in [3.63, 3.8) is 0 Å². The fourth-order valence-electron chi connectivity index (χ4n) is 10.4. The molecular weight excluding hydrogens is 701 g/mol. The molecule has 7 aromatic rings. The van der Waals surface area contributed by atoms with Crippen LogP contribution in [-0.4, -0.2) is 8.07 Å². The topological polar surface area (TPSA) is 45.0 Å². The van der Waals surface area contributed by atoms with Crippen LogP contribution in [0.2, 0.25) is 0 Å². The molecule has 2 atom stereocenters. The summed E-state index contributed by atoms with van der Waals surface area (Å²) in [5.41, 5.74) is 9.89. The van der Waals surface area contributed by atoms with Crippen LogP contribution >= 0.6 is 0 Å². The summed E-state index contributed by atoms with van der Waals surface area (Å²) in [5.74, 6) is 2.10. The van der Waals surface area contributed by atoms with Crippen LogP contribution in [-0.2, 0) is 0 Å². The third-order valence-corrected chi connectivity index (χ3v) is 17.5. The fourth-order valence-corrected chi connectivity index (χ4v) is 15.8. The summed E-state index contributed by atoms with van der Waals surface area (Å²) in [5, 5.41) is 15.8. The SMILES string of the molecule is [C-]#[N+]c1c([N+]#[C-])c(N2c3ccc(-c4ccccc4)cc3[Si]3(c4ccccc4Oc4ccccc43)c3cc(-c4ccccc4)ccc32)c(C#N)c2c1C1CCC2C1. The number of para-hydroxylation sites is 2. The number of anilines is 3. The molecule has 0 saturated heterocycles. The van der Waals surface area contributed by atoms with E-state index >= 15 is 0 Å². The molecule has 4 aliphatic rings. The first-order valence-electron chi connectivity index (χ1n) is 19.1. The van der Waals surface area contributed by atoms with E-state index < -0.39 is 8.07 Å². The monoisotopic (exact) mass is 732 g/mol. The zero-order chi connectivity index (χ0) is 37.5. The fraction of sp³-hybridized carbons (Fsp3) is 0.100. The Morgan fingerprint density at radius 3 is 1.59 bits per heavy atom. The van der Waals surface area contributed by atoms with Gasteiger partial charge in [0.25, 0.3) is 0 Å². The quantitative estimate of drug-likeness (QED) is 0.134. The molecule has 2 bridgehead atoms. The minimum Gasteiger partial charge on any atom is -0.458 e. The minimum absolute atomic E-state index is 0.211. The van der Waals surface area contributed by atoms with Gasteiger partial charge in [0.05, 0.1) is 24.4 Å². The predicted octanol–water partition coefficient (Wildman–Crippen LogP) is 10.6. The molecule has 6 heteroatoms. The summed E-state index contributed by atoms with van der Waals surface area (Å²) >= 11 is 0. The molecule has 262 valence electrons. The molecule has 2 heterocycles. The normalized spacial score (nSPS) is 17.3. The maximum absolute atomic E-state index is 11.2. The molecule has 2 aliphatic heterocycles. The molecule has 2 aliphatic carbocycles. The van der Waals surface area contributed by atoms with E-state index in [0.29, 0.717) is 16.9 Å². The van der Waals surface area contributed by atoms with Gasteiger partial charge in [-0.15, -0.1) is 0 Å². The van der Waals surface area contributed by atoms with Crippen molar-refractivity contribution >= 4 is 57.3 Å². The molecule has 1 saturated carbocycles. The summed E-state index contributed by atoms with van der Waals surface area (Å²) in [6.45, 7) is 17.2. The summed E-state index contributed by atoms with van der Waals surface area (Å²) < 4.78 is 6.76. The zero-order valence-corrected chi connectivity index (χ0v) is 31.3. The summed E-state index contributed by atoms with van der Waals surface area (Å²) in [7, 11) is -3.25. The average molecular weight is 733 g/mol. The van der Waals surface area contributed by atoms with E-state index in [9.17, 15) is 5.26 Å². The molecule has 5 nitrogen and oxygen atoms in total. The first-order valence-corrected chi connectivity index (χ1v) is 21.1. The van der Waals surface area contributed by atoms with Gasteiger partial charge in [-0.1, -0.05) is 121 Å². The Bertz CT molecular complexity index is 2800. The second-order valence-electron chi connectivity index (χ2n) is 15.2. The second kappa shape index (κ2) is 12.2. The molecule has 0 radical (unpaired) electrons. The van der Waals surface area contributed by atoms with Gasteiger partial charge in [0.1, 0.15) is 17.6 Å². The van der Waals surface area contributed by atoms with Gasteiger partial charge in [-0.25, -0.2) is 9.69 Å². The largest absolute Gasteiger partial charge is 0.458 e. The smallest absolute Gasteiger partial charge is 0.219 e. The van der Waals surface area contributed by atoms with E-state index in [-0.39, 0.29) is 17.5 Å². The highest BCUT2D eigenvalue weighted by atomic mass is 28.3. The minimum atomic E-state index is -3.25. The molecule has 0 amide bonds. The maximum Gasteiger partial charge on any atom is 0.219 e. The van der Waals surface area contributed by atoms with Crippen molar-refractivity contribution in [1.29, 1.82) is 5.26 Å². The van der Waals surface area contributed by atoms with Gasteiger partial charge in [-0.05, 0) is 109 Å². The van der Waals surface area contributed by atoms with Crippen molar-refractivity contribution < 1.29 is 4.74 Å². The van der Waals surface area contributed by atoms with Crippen molar-refractivity contribution in [3.05, 3.63) is 185 Å². The van der Waals surface area contributed by atoms with Gasteiger partial charge in [-0.2, -0.15) is 5.26 Å². The molecule has 0 aromatic heterocycles. The van der Waals surface area contributed by atoms with Crippen molar-refractivity contribution in [3.8, 4) is 39.8 Å². The molecule has 56 heavy (non-hydrogen) atoms. The van der Waals surface area contributed by atoms with E-state index in [1.807, 2.05) is 24.3 Å². The lowest BCUT2D eigenvalue weighted by Gasteiger charge is -2.48. The highest BCUT2D eigenvalue weighted by Gasteiger charge is 2.54. The number of ether oxygens (including phenoxy) is 1. The lowest BCUT2D eigenvalue weighted by Crippen LogP contribution is -2.78. The average Bonchev–Trinajstić information content (AvgIpc) is 3.89. The highest BCUT2D eigenvalue weighted by molar-refractivity contribution is 7.22. The van der Waals surface area contributed by atoms with Crippen LogP contribution in [0.4, 0.5) is 28.4 Å². The van der Waals surface area contributed by atoms with E-state index in [1.54, 1.807) is 0 Å². The Labute approximate surface area is 327 Å². The van der Waals surface area contributed by atoms with E-state index in [1.165, 1.54) is 0 Å². The van der Waals surface area contributed by atoms with Gasteiger partial charge in [0.15, 0.2) is 8.07 Å². The Morgan fingerprint density at radius 2 is 1.07 bits per heavy atom. The van der Waals surface area contributed by atoms with Crippen LogP contribution < -0.4 is 30.4 Å². The summed E-state index contributed by atoms with van der Waals surface area (Å²) in [6.07, 6.45) is 2.93. The Balaban J connectivity index is 1.34. The van der Waals surface area contributed by atoms with Crippen molar-refractivity contribution in [1.82, 2.24) is 0 Å². The second-order valence-corrected chi connectivity index (χ2v) is 18.8. The van der Waals surface area contributed by atoms with E-state index in [0.717, 1.165) is 96.3 Å². The first kappa shape index (κ1) is 32.3. The molecule has 1 spiro atoms. The van der Waals surface area contributed by atoms with Crippen LogP contribution in [0.3, 0.4) is 0 Å². The zero-order valence-electron chi connectivity index (χ0n) is 30.3. The van der Waals surface area contributed by atoms with Crippen LogP contribution in [0.15, 0.2) is 146 Å². The first-order chi connectivity index (χ1) is 27.6. The predicted molar refractivity (Wildman–Crippen MR) is 226 cm³/mol. The maximum atomic E-state index is 11.2. The molecule has 2 unspecified atom stereocenters. The van der Waals surface area contributed by atoms with Crippen LogP contribution in [0, 0.1) is 24.5 Å². The molecule has 1 fully saturated rings. The van der Waals surface area contributed by atoms with Crippen molar-refractivity contribution in [2.75, 3.05) is 4.90 Å². The number of nitrogens with zero attached hydrogens (tertiary/aromatic N) is 4. The number of rotatable bonds is 3. The van der Waals surface area contributed by atoms with Gasteiger partial charge >= 0.3 is 0 Å². The number of nitriles is 1. The summed E-state index contributed by atoms with van der Waals surface area (Å²) in [6, 6.07) is 53.9. The van der Waals surface area contributed by atoms with E-state index in [4.69, 9.17) is 17.9 Å². The molecule has 7 aromatic carbocycles. The third-order valence-electron chi connectivity index (χ3n) is 12.6.